The molecule has 1 aliphatic rings. The maximum absolute atomic E-state index is 13.5. The maximum Gasteiger partial charge on any atom is 0.234 e. The summed E-state index contributed by atoms with van der Waals surface area (Å²) in [5, 5.41) is 2.80. The van der Waals surface area contributed by atoms with Crippen molar-refractivity contribution in [1.29, 1.82) is 0 Å². The molecule has 2 rings (SSSR count). The van der Waals surface area contributed by atoms with Crippen LogP contribution in [0, 0.1) is 11.7 Å². The Morgan fingerprint density at radius 3 is 2.45 bits per heavy atom. The second-order valence-electron chi connectivity index (χ2n) is 6.34. The van der Waals surface area contributed by atoms with E-state index >= 15 is 0 Å². The summed E-state index contributed by atoms with van der Waals surface area (Å²) < 4.78 is 13.5. The van der Waals surface area contributed by atoms with E-state index < -0.39 is 0 Å². The first-order valence-electron chi connectivity index (χ1n) is 7.99. The fourth-order valence-electron chi connectivity index (χ4n) is 2.74. The number of amides is 1. The number of carbonyl (C=O) groups is 1. The Balaban J connectivity index is 1.69. The average molecular weight is 307 g/mol. The summed E-state index contributed by atoms with van der Waals surface area (Å²) in [6.45, 7) is 10.1. The quantitative estimate of drug-likeness (QED) is 0.869. The molecule has 1 saturated heterocycles. The van der Waals surface area contributed by atoms with Gasteiger partial charge in [0.05, 0.1) is 6.54 Å². The minimum Gasteiger partial charge on any atom is -0.351 e. The van der Waals surface area contributed by atoms with E-state index in [9.17, 15) is 9.18 Å². The zero-order valence-electron chi connectivity index (χ0n) is 13.5. The van der Waals surface area contributed by atoms with Crippen molar-refractivity contribution >= 4 is 5.91 Å². The summed E-state index contributed by atoms with van der Waals surface area (Å²) >= 11 is 0. The smallest absolute Gasteiger partial charge is 0.234 e. The van der Waals surface area contributed by atoms with Gasteiger partial charge in [-0.15, -0.1) is 0 Å². The van der Waals surface area contributed by atoms with Crippen molar-refractivity contribution in [1.82, 2.24) is 15.1 Å². The lowest BCUT2D eigenvalue weighted by molar-refractivity contribution is -0.122. The topological polar surface area (TPSA) is 35.6 Å². The van der Waals surface area contributed by atoms with Crippen LogP contribution in [0.25, 0.3) is 0 Å². The summed E-state index contributed by atoms with van der Waals surface area (Å²) in [7, 11) is 0. The number of benzene rings is 1. The Kier molecular flexibility index (Phi) is 6.34. The highest BCUT2D eigenvalue weighted by Gasteiger charge is 2.19. The van der Waals surface area contributed by atoms with Crippen molar-refractivity contribution in [3.63, 3.8) is 0 Å². The van der Waals surface area contributed by atoms with E-state index in [0.717, 1.165) is 32.7 Å². The van der Waals surface area contributed by atoms with Gasteiger partial charge in [0.1, 0.15) is 5.82 Å². The zero-order chi connectivity index (χ0) is 15.9. The molecule has 1 amide bonds. The zero-order valence-corrected chi connectivity index (χ0v) is 13.5. The molecule has 0 aromatic heterocycles. The van der Waals surface area contributed by atoms with Crippen LogP contribution >= 0.6 is 0 Å². The first-order chi connectivity index (χ1) is 10.5. The van der Waals surface area contributed by atoms with E-state index in [-0.39, 0.29) is 18.3 Å². The standard InChI is InChI=1S/C17H26FN3O/c1-14(2)12-20-7-9-21(10-8-20)13-17(22)19-11-15-5-3-4-6-16(15)18/h3-6,14H,7-13H2,1-2H3,(H,19,22). The van der Waals surface area contributed by atoms with Gasteiger partial charge in [0.25, 0.3) is 0 Å². The van der Waals surface area contributed by atoms with Crippen LogP contribution in [-0.2, 0) is 11.3 Å². The number of nitrogens with one attached hydrogen (secondary N) is 1. The lowest BCUT2D eigenvalue weighted by Gasteiger charge is -2.35. The molecular formula is C17H26FN3O. The molecule has 0 bridgehead atoms. The van der Waals surface area contributed by atoms with Gasteiger partial charge < -0.3 is 10.2 Å². The van der Waals surface area contributed by atoms with Crippen molar-refractivity contribution in [2.75, 3.05) is 39.3 Å². The van der Waals surface area contributed by atoms with E-state index in [1.54, 1.807) is 18.2 Å². The van der Waals surface area contributed by atoms with Crippen LogP contribution in [0.5, 0.6) is 0 Å². The summed E-state index contributed by atoms with van der Waals surface area (Å²) in [6, 6.07) is 6.53. The fraction of sp³-hybridized carbons (Fsp3) is 0.588. The molecule has 22 heavy (non-hydrogen) atoms. The molecule has 0 unspecified atom stereocenters. The van der Waals surface area contributed by atoms with Crippen LogP contribution in [0.15, 0.2) is 24.3 Å². The Bertz CT molecular complexity index is 485. The monoisotopic (exact) mass is 307 g/mol. The number of carbonyl (C=O) groups excluding carboxylic acids is 1. The number of halogens is 1. The third-order valence-corrected chi connectivity index (χ3v) is 3.89. The molecule has 0 atom stereocenters. The Morgan fingerprint density at radius 1 is 1.18 bits per heavy atom. The molecule has 4 nitrogen and oxygen atoms in total. The van der Waals surface area contributed by atoms with Crippen molar-refractivity contribution < 1.29 is 9.18 Å². The molecule has 1 heterocycles. The summed E-state index contributed by atoms with van der Waals surface area (Å²) in [5.41, 5.74) is 0.526. The lowest BCUT2D eigenvalue weighted by Crippen LogP contribution is -2.50. The van der Waals surface area contributed by atoms with Crippen molar-refractivity contribution in [3.8, 4) is 0 Å². The Morgan fingerprint density at radius 2 is 1.82 bits per heavy atom. The fourth-order valence-corrected chi connectivity index (χ4v) is 2.74. The number of rotatable bonds is 6. The Labute approximate surface area is 132 Å². The van der Waals surface area contributed by atoms with Crippen LogP contribution in [0.2, 0.25) is 0 Å². The molecule has 0 saturated carbocycles. The summed E-state index contributed by atoms with van der Waals surface area (Å²) in [5.74, 6) is 0.362. The van der Waals surface area contributed by atoms with Gasteiger partial charge in [0.2, 0.25) is 5.91 Å². The van der Waals surface area contributed by atoms with Gasteiger partial charge in [0, 0.05) is 44.8 Å². The molecular weight excluding hydrogens is 281 g/mol. The number of hydrogen-bond donors (Lipinski definition) is 1. The van der Waals surface area contributed by atoms with Crippen LogP contribution in [0.3, 0.4) is 0 Å². The molecule has 1 aromatic rings. The predicted octanol–water partition coefficient (Wildman–Crippen LogP) is 1.72. The molecule has 0 aliphatic carbocycles. The number of hydrogen-bond acceptors (Lipinski definition) is 3. The number of piperazine rings is 1. The first kappa shape index (κ1) is 16.9. The highest BCUT2D eigenvalue weighted by atomic mass is 19.1. The second kappa shape index (κ2) is 8.25. The Hall–Kier alpha value is -1.46. The van der Waals surface area contributed by atoms with Crippen LogP contribution < -0.4 is 5.32 Å². The third kappa shape index (κ3) is 5.39. The normalized spacial score (nSPS) is 16.9. The van der Waals surface area contributed by atoms with E-state index in [1.165, 1.54) is 6.07 Å². The van der Waals surface area contributed by atoms with E-state index in [2.05, 4.69) is 29.0 Å². The largest absolute Gasteiger partial charge is 0.351 e. The van der Waals surface area contributed by atoms with Gasteiger partial charge >= 0.3 is 0 Å². The van der Waals surface area contributed by atoms with Crippen LogP contribution in [-0.4, -0.2) is 55.0 Å². The molecule has 5 heteroatoms. The molecule has 0 radical (unpaired) electrons. The third-order valence-electron chi connectivity index (χ3n) is 3.89. The van der Waals surface area contributed by atoms with E-state index in [1.807, 2.05) is 0 Å². The van der Waals surface area contributed by atoms with Crippen molar-refractivity contribution in [3.05, 3.63) is 35.6 Å². The molecule has 1 N–H and O–H groups in total. The van der Waals surface area contributed by atoms with Gasteiger partial charge in [-0.2, -0.15) is 0 Å². The molecule has 0 spiro atoms. The van der Waals surface area contributed by atoms with Crippen LogP contribution in [0.1, 0.15) is 19.4 Å². The molecule has 1 fully saturated rings. The number of nitrogens with zero attached hydrogens (tertiary/aromatic N) is 2. The summed E-state index contributed by atoms with van der Waals surface area (Å²) in [6.07, 6.45) is 0. The maximum atomic E-state index is 13.5. The molecule has 1 aliphatic heterocycles. The second-order valence-corrected chi connectivity index (χ2v) is 6.34. The lowest BCUT2D eigenvalue weighted by atomic mass is 10.2. The first-order valence-corrected chi connectivity index (χ1v) is 7.99. The van der Waals surface area contributed by atoms with E-state index in [0.29, 0.717) is 18.0 Å². The van der Waals surface area contributed by atoms with Gasteiger partial charge in [0.15, 0.2) is 0 Å². The van der Waals surface area contributed by atoms with Crippen molar-refractivity contribution in [2.45, 2.75) is 20.4 Å². The minimum absolute atomic E-state index is 0.0411. The summed E-state index contributed by atoms with van der Waals surface area (Å²) in [4.78, 5) is 16.6. The van der Waals surface area contributed by atoms with Gasteiger partial charge in [-0.05, 0) is 12.0 Å². The van der Waals surface area contributed by atoms with Gasteiger partial charge in [-0.1, -0.05) is 32.0 Å². The average Bonchev–Trinajstić information content (AvgIpc) is 2.48. The molecule has 122 valence electrons. The van der Waals surface area contributed by atoms with Gasteiger partial charge in [-0.25, -0.2) is 4.39 Å². The highest BCUT2D eigenvalue weighted by molar-refractivity contribution is 5.78. The minimum atomic E-state index is -0.273. The van der Waals surface area contributed by atoms with Gasteiger partial charge in [-0.3, -0.25) is 9.69 Å². The SMILES string of the molecule is CC(C)CN1CCN(CC(=O)NCc2ccccc2F)CC1. The van der Waals surface area contributed by atoms with Crippen molar-refractivity contribution in [2.24, 2.45) is 5.92 Å². The van der Waals surface area contributed by atoms with E-state index in [4.69, 9.17) is 0 Å². The molecule has 1 aromatic carbocycles. The van der Waals surface area contributed by atoms with Crippen LogP contribution in [0.4, 0.5) is 4.39 Å². The highest BCUT2D eigenvalue weighted by Crippen LogP contribution is 2.06. The predicted molar refractivity (Wildman–Crippen MR) is 86.0 cm³/mol.